The third-order valence-corrected chi connectivity index (χ3v) is 4.32. The van der Waals surface area contributed by atoms with E-state index in [9.17, 15) is 5.11 Å². The van der Waals surface area contributed by atoms with Crippen molar-refractivity contribution in [3.8, 4) is 11.5 Å². The Morgan fingerprint density at radius 2 is 1.84 bits per heavy atom. The van der Waals surface area contributed by atoms with Crippen LogP contribution in [-0.4, -0.2) is 32.0 Å². The first-order valence-electron chi connectivity index (χ1n) is 6.78. The van der Waals surface area contributed by atoms with Crippen LogP contribution in [0.1, 0.15) is 31.2 Å². The molecule has 1 saturated carbocycles. The number of aliphatic hydroxyl groups is 1. The van der Waals surface area contributed by atoms with Gasteiger partial charge in [0.05, 0.1) is 20.3 Å². The highest BCUT2D eigenvalue weighted by Gasteiger charge is 2.41. The molecular formula is C15H23NO3. The highest BCUT2D eigenvalue weighted by atomic mass is 16.5. The van der Waals surface area contributed by atoms with Gasteiger partial charge in [0.2, 0.25) is 0 Å². The number of nitrogens with two attached hydrogens (primary N) is 1. The van der Waals surface area contributed by atoms with Gasteiger partial charge in [-0.1, -0.05) is 18.9 Å². The fourth-order valence-corrected chi connectivity index (χ4v) is 3.19. The van der Waals surface area contributed by atoms with Crippen LogP contribution in [0.25, 0.3) is 0 Å². The monoisotopic (exact) mass is 265 g/mol. The minimum absolute atomic E-state index is 0.228. The molecule has 0 aromatic heterocycles. The van der Waals surface area contributed by atoms with E-state index in [1.54, 1.807) is 14.2 Å². The second kappa shape index (κ2) is 5.80. The summed E-state index contributed by atoms with van der Waals surface area (Å²) in [6.45, 7) is 0.286. The predicted molar refractivity (Wildman–Crippen MR) is 74.8 cm³/mol. The Bertz CT molecular complexity index is 427. The molecule has 4 heteroatoms. The zero-order valence-corrected chi connectivity index (χ0v) is 11.7. The third kappa shape index (κ3) is 2.42. The van der Waals surface area contributed by atoms with E-state index < -0.39 is 6.10 Å². The maximum absolute atomic E-state index is 10.4. The van der Waals surface area contributed by atoms with Crippen LogP contribution in [0.2, 0.25) is 0 Å². The van der Waals surface area contributed by atoms with Crippen LogP contribution in [-0.2, 0) is 5.41 Å². The Morgan fingerprint density at radius 1 is 1.21 bits per heavy atom. The molecule has 0 spiro atoms. The average Bonchev–Trinajstić information content (AvgIpc) is 2.96. The standard InChI is InChI=1S/C15H23NO3/c1-18-12-6-5-11(9-13(12)19-2)15(14(17)10-16)7-3-4-8-15/h5-6,9,14,17H,3-4,7-8,10,16H2,1-2H3/t14-/m0/s1. The quantitative estimate of drug-likeness (QED) is 0.852. The number of hydrogen-bond acceptors (Lipinski definition) is 4. The molecule has 0 amide bonds. The molecule has 1 aliphatic rings. The van der Waals surface area contributed by atoms with Crippen LogP contribution < -0.4 is 15.2 Å². The van der Waals surface area contributed by atoms with Crippen molar-refractivity contribution in [3.63, 3.8) is 0 Å². The summed E-state index contributed by atoms with van der Waals surface area (Å²) >= 11 is 0. The first-order chi connectivity index (χ1) is 9.17. The third-order valence-electron chi connectivity index (χ3n) is 4.32. The van der Waals surface area contributed by atoms with Crippen molar-refractivity contribution in [2.75, 3.05) is 20.8 Å². The lowest BCUT2D eigenvalue weighted by Crippen LogP contribution is -2.42. The molecule has 1 aromatic rings. The molecule has 0 bridgehead atoms. The van der Waals surface area contributed by atoms with Gasteiger partial charge in [-0.05, 0) is 30.5 Å². The van der Waals surface area contributed by atoms with Gasteiger partial charge in [0.15, 0.2) is 11.5 Å². The van der Waals surface area contributed by atoms with Crippen molar-refractivity contribution in [3.05, 3.63) is 23.8 Å². The van der Waals surface area contributed by atoms with E-state index in [1.807, 2.05) is 18.2 Å². The molecule has 1 aliphatic carbocycles. The lowest BCUT2D eigenvalue weighted by molar-refractivity contribution is 0.0897. The second-order valence-electron chi connectivity index (χ2n) is 5.18. The molecule has 4 nitrogen and oxygen atoms in total. The number of aliphatic hydroxyl groups excluding tert-OH is 1. The molecule has 0 saturated heterocycles. The fourth-order valence-electron chi connectivity index (χ4n) is 3.19. The Labute approximate surface area is 114 Å². The smallest absolute Gasteiger partial charge is 0.161 e. The van der Waals surface area contributed by atoms with Crippen molar-refractivity contribution in [1.82, 2.24) is 0 Å². The zero-order chi connectivity index (χ0) is 13.9. The maximum Gasteiger partial charge on any atom is 0.161 e. The largest absolute Gasteiger partial charge is 0.493 e. The molecular weight excluding hydrogens is 242 g/mol. The predicted octanol–water partition coefficient (Wildman–Crippen LogP) is 1.84. The number of rotatable bonds is 5. The molecule has 2 rings (SSSR count). The van der Waals surface area contributed by atoms with Gasteiger partial charge in [-0.15, -0.1) is 0 Å². The molecule has 3 N–H and O–H groups in total. The number of benzene rings is 1. The van der Waals surface area contributed by atoms with E-state index >= 15 is 0 Å². The van der Waals surface area contributed by atoms with Crippen molar-refractivity contribution in [2.45, 2.75) is 37.2 Å². The van der Waals surface area contributed by atoms with Gasteiger partial charge in [0, 0.05) is 12.0 Å². The van der Waals surface area contributed by atoms with Gasteiger partial charge in [0.1, 0.15) is 0 Å². The zero-order valence-electron chi connectivity index (χ0n) is 11.7. The molecule has 106 valence electrons. The molecule has 0 aliphatic heterocycles. The molecule has 1 atom stereocenters. The van der Waals surface area contributed by atoms with Crippen LogP contribution in [0.5, 0.6) is 11.5 Å². The van der Waals surface area contributed by atoms with Gasteiger partial charge >= 0.3 is 0 Å². The Morgan fingerprint density at radius 3 is 2.37 bits per heavy atom. The van der Waals surface area contributed by atoms with Crippen molar-refractivity contribution >= 4 is 0 Å². The summed E-state index contributed by atoms with van der Waals surface area (Å²) in [5, 5.41) is 10.4. The van der Waals surface area contributed by atoms with Gasteiger partial charge in [-0.2, -0.15) is 0 Å². The SMILES string of the molecule is COc1ccc(C2([C@@H](O)CN)CCCC2)cc1OC. The Kier molecular flexibility index (Phi) is 4.32. The summed E-state index contributed by atoms with van der Waals surface area (Å²) < 4.78 is 10.6. The summed E-state index contributed by atoms with van der Waals surface area (Å²) in [6, 6.07) is 5.89. The van der Waals surface area contributed by atoms with Gasteiger partial charge in [0.25, 0.3) is 0 Å². The lowest BCUT2D eigenvalue weighted by atomic mass is 9.74. The van der Waals surface area contributed by atoms with Crippen molar-refractivity contribution < 1.29 is 14.6 Å². The molecule has 1 aromatic carbocycles. The van der Waals surface area contributed by atoms with E-state index in [1.165, 1.54) is 0 Å². The van der Waals surface area contributed by atoms with E-state index in [0.29, 0.717) is 11.5 Å². The summed E-state index contributed by atoms with van der Waals surface area (Å²) in [4.78, 5) is 0. The average molecular weight is 265 g/mol. The van der Waals surface area contributed by atoms with Gasteiger partial charge < -0.3 is 20.3 Å². The first kappa shape index (κ1) is 14.2. The molecule has 0 radical (unpaired) electrons. The van der Waals surface area contributed by atoms with Crippen molar-refractivity contribution in [1.29, 1.82) is 0 Å². The highest BCUT2D eigenvalue weighted by molar-refractivity contribution is 5.46. The van der Waals surface area contributed by atoms with Crippen molar-refractivity contribution in [2.24, 2.45) is 5.73 Å². The summed E-state index contributed by atoms with van der Waals surface area (Å²) in [5.74, 6) is 1.41. The van der Waals surface area contributed by atoms with Crippen LogP contribution >= 0.6 is 0 Å². The van der Waals surface area contributed by atoms with E-state index in [2.05, 4.69) is 0 Å². The summed E-state index contributed by atoms with van der Waals surface area (Å²) in [6.07, 6.45) is 3.70. The van der Waals surface area contributed by atoms with Crippen LogP contribution in [0.3, 0.4) is 0 Å². The normalized spacial score (nSPS) is 19.2. The van der Waals surface area contributed by atoms with Crippen LogP contribution in [0.15, 0.2) is 18.2 Å². The maximum atomic E-state index is 10.4. The Balaban J connectivity index is 2.43. The summed E-state index contributed by atoms with van der Waals surface area (Å²) in [5.41, 5.74) is 6.56. The van der Waals surface area contributed by atoms with E-state index in [0.717, 1.165) is 31.2 Å². The topological polar surface area (TPSA) is 64.7 Å². The van der Waals surface area contributed by atoms with Gasteiger partial charge in [-0.25, -0.2) is 0 Å². The number of methoxy groups -OCH3 is 2. The Hall–Kier alpha value is -1.26. The fraction of sp³-hybridized carbons (Fsp3) is 0.600. The lowest BCUT2D eigenvalue weighted by Gasteiger charge is -2.34. The minimum atomic E-state index is -0.506. The van der Waals surface area contributed by atoms with Gasteiger partial charge in [-0.3, -0.25) is 0 Å². The summed E-state index contributed by atoms with van der Waals surface area (Å²) in [7, 11) is 3.25. The molecule has 0 heterocycles. The highest BCUT2D eigenvalue weighted by Crippen LogP contribution is 2.45. The molecule has 0 unspecified atom stereocenters. The number of ether oxygens (including phenoxy) is 2. The molecule has 1 fully saturated rings. The first-order valence-corrected chi connectivity index (χ1v) is 6.78. The van der Waals surface area contributed by atoms with E-state index in [4.69, 9.17) is 15.2 Å². The molecule has 19 heavy (non-hydrogen) atoms. The van der Waals surface area contributed by atoms with Crippen LogP contribution in [0, 0.1) is 0 Å². The number of hydrogen-bond donors (Lipinski definition) is 2. The second-order valence-corrected chi connectivity index (χ2v) is 5.18. The van der Waals surface area contributed by atoms with Crippen LogP contribution in [0.4, 0.5) is 0 Å². The van der Waals surface area contributed by atoms with E-state index in [-0.39, 0.29) is 12.0 Å². The minimum Gasteiger partial charge on any atom is -0.493 e.